The number of H-pyrrole nitrogens is 1. The van der Waals surface area contributed by atoms with Crippen molar-refractivity contribution in [2.75, 3.05) is 16.8 Å². The van der Waals surface area contributed by atoms with Crippen LogP contribution in [0.5, 0.6) is 0 Å². The molecule has 50 heavy (non-hydrogen) atoms. The molecule has 0 spiro atoms. The Kier molecular flexibility index (Phi) is 11.9. The zero-order valence-electron chi connectivity index (χ0n) is 27.5. The quantitative estimate of drug-likeness (QED) is 0.106. The molecule has 0 radical (unpaired) electrons. The minimum absolute atomic E-state index is 0. The van der Waals surface area contributed by atoms with E-state index >= 15 is 0 Å². The molecule has 0 fully saturated rings. The van der Waals surface area contributed by atoms with Gasteiger partial charge in [-0.1, -0.05) is 81.4 Å². The van der Waals surface area contributed by atoms with E-state index < -0.39 is 32.1 Å². The number of benzene rings is 2. The Morgan fingerprint density at radius 1 is 0.980 bits per heavy atom. The number of nitrogens with one attached hydrogen (secondary N) is 4. The molecule has 2 unspecified atom stereocenters. The van der Waals surface area contributed by atoms with E-state index in [1.807, 2.05) is 42.5 Å². The topological polar surface area (TPSA) is 174 Å². The number of thioether (sulfide) groups is 1. The number of aromatic amines is 1. The molecule has 0 saturated heterocycles. The minimum atomic E-state index is -2.75. The van der Waals surface area contributed by atoms with Crippen molar-refractivity contribution >= 4 is 71.3 Å². The third-order valence-electron chi connectivity index (χ3n) is 8.35. The number of amides is 1. The van der Waals surface area contributed by atoms with Crippen LogP contribution in [-0.4, -0.2) is 64.1 Å². The zero-order chi connectivity index (χ0) is 34.5. The van der Waals surface area contributed by atoms with Gasteiger partial charge in [-0.05, 0) is 46.8 Å². The summed E-state index contributed by atoms with van der Waals surface area (Å²) in [4.78, 5) is 62.0. The molecule has 1 aliphatic rings. The summed E-state index contributed by atoms with van der Waals surface area (Å²) in [5, 5.41) is 26.3. The largest absolute Gasteiger partial charge is 0.481 e. The molecule has 5 rings (SSSR count). The van der Waals surface area contributed by atoms with Crippen molar-refractivity contribution in [1.82, 2.24) is 15.3 Å². The van der Waals surface area contributed by atoms with Gasteiger partial charge in [0.05, 0.1) is 4.88 Å². The number of rotatable bonds is 13. The molecule has 3 heterocycles. The molecule has 16 heteroatoms. The van der Waals surface area contributed by atoms with Gasteiger partial charge in [0.15, 0.2) is 5.95 Å². The van der Waals surface area contributed by atoms with Gasteiger partial charge in [0.2, 0.25) is 8.24 Å². The van der Waals surface area contributed by atoms with Gasteiger partial charge in [-0.2, -0.15) is 4.98 Å². The standard InChI is InChI=1S/C34H39N5O6S2Si.2Fm/c1-34(2,3)48(23-10-6-4-7-11-23,24-12-8-5-9-13-24)39-33-37-29-28(31(43)38-33)47-22(20-35-29)15-14-21-16-18-26(46-21)30(42)36-25(32(44)45)17-19-27(40)41;;/h4-13,16,18,22,25H,14-15,17,19-20H2,1-3H3,(H,36,42)(H,40,41)(H,44,45)(H3,35,37,38,39,43);;. The maximum atomic E-state index is 13.5. The number of carboxylic acids is 2. The molecule has 0 aliphatic carbocycles. The summed E-state index contributed by atoms with van der Waals surface area (Å²) >= 11 is 2.75. The fourth-order valence-corrected chi connectivity index (χ4v) is 12.6. The molecule has 4 aromatic rings. The van der Waals surface area contributed by atoms with E-state index in [4.69, 9.17) is 10.1 Å². The van der Waals surface area contributed by atoms with E-state index in [-0.39, 0.29) is 28.7 Å². The molecule has 11 nitrogen and oxygen atoms in total. The molecule has 2 atom stereocenters. The normalized spacial score (nSPS) is 14.5. The van der Waals surface area contributed by atoms with E-state index in [1.165, 1.54) is 33.5 Å². The zero-order valence-corrected chi connectivity index (χ0v) is 34.9. The minimum Gasteiger partial charge on any atom is -0.481 e. The number of carbonyl (C=O) groups excluding carboxylic acids is 1. The van der Waals surface area contributed by atoms with Crippen molar-refractivity contribution in [2.24, 2.45) is 0 Å². The SMILES string of the molecule is CC(C)(C)[Si](Nc1nc2c(c(=O)[nH]1)SC(CCc1ccc(C(=O)NC(CCC(=O)O)C(=O)O)s1)CN2)(c1ccccc1)c1ccccc1.[Fm].[Fm]. The Labute approximate surface area is 287 Å². The van der Waals surface area contributed by atoms with Crippen molar-refractivity contribution in [1.29, 1.82) is 0 Å². The van der Waals surface area contributed by atoms with Gasteiger partial charge in [0, 0.05) is 23.1 Å². The summed E-state index contributed by atoms with van der Waals surface area (Å²) in [5.74, 6) is -1.98. The smallest absolute Gasteiger partial charge is 0.326 e. The van der Waals surface area contributed by atoms with Crippen LogP contribution in [0.25, 0.3) is 0 Å². The molecule has 276 valence electrons. The van der Waals surface area contributed by atoms with Crippen LogP contribution in [0.4, 0.5) is 11.8 Å². The van der Waals surface area contributed by atoms with Crippen LogP contribution < -0.4 is 31.5 Å². The van der Waals surface area contributed by atoms with Gasteiger partial charge < -0.3 is 25.8 Å². The number of aromatic nitrogens is 2. The number of anilines is 2. The van der Waals surface area contributed by atoms with Crippen molar-refractivity contribution in [2.45, 2.75) is 67.7 Å². The fourth-order valence-electron chi connectivity index (χ4n) is 5.94. The van der Waals surface area contributed by atoms with Gasteiger partial charge >= 0.3 is 11.9 Å². The third kappa shape index (κ3) is 8.17. The number of aliphatic carboxylic acids is 2. The number of carboxylic acid groups (broad SMARTS) is 2. The second kappa shape index (κ2) is 15.7. The number of fused-ring (bicyclic) bond motifs is 1. The molecular formula is C34H39Fm2N5O6S2Si. The van der Waals surface area contributed by atoms with Crippen LogP contribution in [0.15, 0.2) is 82.5 Å². The Balaban J connectivity index is 0.00000338. The van der Waals surface area contributed by atoms with Crippen molar-refractivity contribution in [3.8, 4) is 0 Å². The first-order chi connectivity index (χ1) is 22.9. The van der Waals surface area contributed by atoms with Crippen LogP contribution in [0, 0.1) is 0 Å². The summed E-state index contributed by atoms with van der Waals surface area (Å²) in [7, 11) is -2.75. The first-order valence-electron chi connectivity index (χ1n) is 15.7. The Morgan fingerprint density at radius 2 is 1.60 bits per heavy atom. The Hall–Kier alpha value is -6.40. The predicted molar refractivity (Wildman–Crippen MR) is 193 cm³/mol. The number of hydrogen-bond acceptors (Lipinski definition) is 9. The summed E-state index contributed by atoms with van der Waals surface area (Å²) in [5.41, 5.74) is -0.214. The summed E-state index contributed by atoms with van der Waals surface area (Å²) in [6.45, 7) is 7.27. The Bertz CT molecular complexity index is 1800. The number of thiophene rings is 1. The number of aryl methyl sites for hydroxylation is 1. The van der Waals surface area contributed by atoms with Crippen LogP contribution in [0.1, 0.15) is 54.6 Å². The molecule has 1 amide bonds. The maximum absolute atomic E-state index is 13.5. The number of nitrogens with zero attached hydrogens (tertiary/aromatic N) is 1. The molecule has 2 aromatic heterocycles. The van der Waals surface area contributed by atoms with E-state index in [0.717, 1.165) is 11.3 Å². The van der Waals surface area contributed by atoms with Crippen LogP contribution in [0.3, 0.4) is 0 Å². The Morgan fingerprint density at radius 3 is 2.16 bits per heavy atom. The van der Waals surface area contributed by atoms with Gasteiger partial charge in [-0.25, -0.2) is 4.79 Å². The summed E-state index contributed by atoms with van der Waals surface area (Å²) < 4.78 is 0. The molecule has 6 N–H and O–H groups in total. The molecular weight excluding hydrogens is 1180 g/mol. The second-order valence-corrected chi connectivity index (χ2v) is 19.6. The molecule has 0 bridgehead atoms. The molecule has 0 saturated carbocycles. The van der Waals surface area contributed by atoms with Crippen LogP contribution >= 0.6 is 23.1 Å². The van der Waals surface area contributed by atoms with Gasteiger partial charge in [0.25, 0.3) is 11.5 Å². The van der Waals surface area contributed by atoms with Crippen molar-refractivity contribution < 1.29 is 24.6 Å². The van der Waals surface area contributed by atoms with Gasteiger partial charge in [0.1, 0.15) is 16.8 Å². The van der Waals surface area contributed by atoms with Crippen molar-refractivity contribution in [3.05, 3.63) is 92.9 Å². The van der Waals surface area contributed by atoms with E-state index in [0.29, 0.717) is 34.5 Å². The first kappa shape index (κ1) is 38.0. The second-order valence-electron chi connectivity index (χ2n) is 12.7. The summed E-state index contributed by atoms with van der Waals surface area (Å²) in [6, 6.07) is 22.9. The van der Waals surface area contributed by atoms with E-state index in [1.54, 1.807) is 6.07 Å². The van der Waals surface area contributed by atoms with E-state index in [9.17, 15) is 24.3 Å². The monoisotopic (exact) mass is 1220 g/mol. The fraction of sp³-hybridized carbons (Fsp3) is 0.324. The predicted octanol–water partition coefficient (Wildman–Crippen LogP) is 4.37. The van der Waals surface area contributed by atoms with Crippen LogP contribution in [0.2, 0.25) is 5.04 Å². The average molecular weight is 1220 g/mol. The van der Waals surface area contributed by atoms with Crippen molar-refractivity contribution in [3.63, 3.8) is 0 Å². The van der Waals surface area contributed by atoms with Gasteiger partial charge in [-0.3, -0.25) is 19.4 Å². The van der Waals surface area contributed by atoms with Gasteiger partial charge in [-0.15, -0.1) is 23.1 Å². The first-order valence-corrected chi connectivity index (χ1v) is 19.3. The molecule has 1 aliphatic heterocycles. The van der Waals surface area contributed by atoms with E-state index in [2.05, 4.69) is 65.6 Å². The maximum Gasteiger partial charge on any atom is 0.326 e. The number of hydrogen-bond donors (Lipinski definition) is 6. The summed E-state index contributed by atoms with van der Waals surface area (Å²) in [6.07, 6.45) is 0.830. The third-order valence-corrected chi connectivity index (χ3v) is 16.1. The number of carbonyl (C=O) groups is 3. The molecule has 2 aromatic carbocycles. The van der Waals surface area contributed by atoms with Crippen LogP contribution in [-0.2, 0) is 16.0 Å². The average Bonchev–Trinajstić information content (AvgIpc) is 3.54.